The van der Waals surface area contributed by atoms with Crippen molar-refractivity contribution in [2.75, 3.05) is 13.1 Å². The summed E-state index contributed by atoms with van der Waals surface area (Å²) in [7, 11) is 0. The van der Waals surface area contributed by atoms with E-state index in [-0.39, 0.29) is 18.1 Å². The fourth-order valence-electron chi connectivity index (χ4n) is 2.39. The van der Waals surface area contributed by atoms with Gasteiger partial charge in [-0.3, -0.25) is 4.79 Å². The molecule has 1 aliphatic rings. The molecule has 0 spiro atoms. The zero-order valence-corrected chi connectivity index (χ0v) is 13.2. The molecule has 3 nitrogen and oxygen atoms in total. The van der Waals surface area contributed by atoms with Crippen LogP contribution in [0.1, 0.15) is 37.0 Å². The summed E-state index contributed by atoms with van der Waals surface area (Å²) in [5.74, 6) is 0.00608. The number of halogens is 2. The van der Waals surface area contributed by atoms with Crippen molar-refractivity contribution < 1.29 is 9.53 Å². The van der Waals surface area contributed by atoms with Crippen LogP contribution in [0.15, 0.2) is 18.2 Å². The van der Waals surface area contributed by atoms with Gasteiger partial charge in [-0.2, -0.15) is 0 Å². The number of benzene rings is 1. The number of carbonyl (C=O) groups excluding carboxylic acids is 1. The lowest BCUT2D eigenvalue weighted by Gasteiger charge is -2.33. The number of amides is 1. The molecule has 1 fully saturated rings. The van der Waals surface area contributed by atoms with E-state index in [1.807, 2.05) is 18.7 Å². The lowest BCUT2D eigenvalue weighted by molar-refractivity contribution is -0.0236. The van der Waals surface area contributed by atoms with Crippen LogP contribution < -0.4 is 0 Å². The average Bonchev–Trinajstić information content (AvgIpc) is 2.41. The fourth-order valence-corrected chi connectivity index (χ4v) is 2.69. The van der Waals surface area contributed by atoms with E-state index < -0.39 is 0 Å². The first-order valence-corrected chi connectivity index (χ1v) is 7.62. The highest BCUT2D eigenvalue weighted by atomic mass is 35.5. The Hall–Kier alpha value is -0.770. The summed E-state index contributed by atoms with van der Waals surface area (Å²) in [6.07, 6.45) is 2.25. The number of piperidine rings is 1. The molecular formula is C15H19Cl2NO2. The predicted molar refractivity (Wildman–Crippen MR) is 81.6 cm³/mol. The predicted octanol–water partition coefficient (Wildman–Crippen LogP) is 4.02. The molecule has 1 heterocycles. The van der Waals surface area contributed by atoms with Crippen molar-refractivity contribution >= 4 is 29.1 Å². The van der Waals surface area contributed by atoms with Crippen molar-refractivity contribution in [1.29, 1.82) is 0 Å². The van der Waals surface area contributed by atoms with Crippen molar-refractivity contribution in [2.45, 2.75) is 38.9 Å². The monoisotopic (exact) mass is 315 g/mol. The largest absolute Gasteiger partial charge is 0.375 e. The maximum absolute atomic E-state index is 12.4. The molecule has 0 aromatic heterocycles. The van der Waals surface area contributed by atoms with Crippen LogP contribution in [0, 0.1) is 0 Å². The van der Waals surface area contributed by atoms with Gasteiger partial charge >= 0.3 is 0 Å². The second-order valence-electron chi connectivity index (χ2n) is 5.31. The minimum absolute atomic E-state index is 0.00608. The Morgan fingerprint density at radius 1 is 1.25 bits per heavy atom. The molecule has 2 rings (SSSR count). The quantitative estimate of drug-likeness (QED) is 0.843. The minimum atomic E-state index is 0.00608. The molecule has 1 saturated heterocycles. The molecular weight excluding hydrogens is 297 g/mol. The number of hydrogen-bond acceptors (Lipinski definition) is 2. The summed E-state index contributed by atoms with van der Waals surface area (Å²) in [6.45, 7) is 5.51. The standard InChI is InChI=1S/C15H19Cl2NO2/c1-10(2)20-12-5-7-18(8-6-12)15(19)11-3-4-13(16)14(17)9-11/h3-4,9-10,12H,5-8H2,1-2H3. The molecule has 0 radical (unpaired) electrons. The van der Waals surface area contributed by atoms with Gasteiger partial charge in [0.15, 0.2) is 0 Å². The van der Waals surface area contributed by atoms with E-state index in [1.54, 1.807) is 18.2 Å². The van der Waals surface area contributed by atoms with Gasteiger partial charge < -0.3 is 9.64 Å². The normalized spacial score (nSPS) is 16.8. The smallest absolute Gasteiger partial charge is 0.253 e. The molecule has 1 aliphatic heterocycles. The molecule has 0 saturated carbocycles. The van der Waals surface area contributed by atoms with Gasteiger partial charge in [-0.05, 0) is 44.9 Å². The summed E-state index contributed by atoms with van der Waals surface area (Å²) < 4.78 is 5.78. The van der Waals surface area contributed by atoms with Crippen LogP contribution in [0.2, 0.25) is 10.0 Å². The number of rotatable bonds is 3. The number of nitrogens with zero attached hydrogens (tertiary/aromatic N) is 1. The fraction of sp³-hybridized carbons (Fsp3) is 0.533. The van der Waals surface area contributed by atoms with E-state index in [2.05, 4.69) is 0 Å². The molecule has 0 atom stereocenters. The van der Waals surface area contributed by atoms with Gasteiger partial charge in [-0.15, -0.1) is 0 Å². The van der Waals surface area contributed by atoms with E-state index in [4.69, 9.17) is 27.9 Å². The van der Waals surface area contributed by atoms with Gasteiger partial charge in [0.2, 0.25) is 0 Å². The Balaban J connectivity index is 1.96. The third-order valence-electron chi connectivity index (χ3n) is 3.36. The SMILES string of the molecule is CC(C)OC1CCN(C(=O)c2ccc(Cl)c(Cl)c2)CC1. The van der Waals surface area contributed by atoms with Gasteiger partial charge in [-0.25, -0.2) is 0 Å². The Morgan fingerprint density at radius 3 is 2.45 bits per heavy atom. The molecule has 0 N–H and O–H groups in total. The van der Waals surface area contributed by atoms with Crippen LogP contribution in [-0.2, 0) is 4.74 Å². The van der Waals surface area contributed by atoms with Gasteiger partial charge in [0.05, 0.1) is 22.3 Å². The number of hydrogen-bond donors (Lipinski definition) is 0. The van der Waals surface area contributed by atoms with E-state index >= 15 is 0 Å². The maximum atomic E-state index is 12.4. The first-order valence-electron chi connectivity index (χ1n) is 6.87. The second-order valence-corrected chi connectivity index (χ2v) is 6.12. The van der Waals surface area contributed by atoms with E-state index in [0.29, 0.717) is 15.6 Å². The first kappa shape index (κ1) is 15.6. The van der Waals surface area contributed by atoms with Crippen molar-refractivity contribution in [3.63, 3.8) is 0 Å². The summed E-state index contributed by atoms with van der Waals surface area (Å²) in [6, 6.07) is 5.00. The third kappa shape index (κ3) is 3.87. The molecule has 0 aliphatic carbocycles. The third-order valence-corrected chi connectivity index (χ3v) is 4.10. The van der Waals surface area contributed by atoms with E-state index in [9.17, 15) is 4.79 Å². The molecule has 1 amide bonds. The molecule has 1 aromatic rings. The van der Waals surface area contributed by atoms with Crippen LogP contribution in [0.4, 0.5) is 0 Å². The number of carbonyl (C=O) groups is 1. The zero-order valence-electron chi connectivity index (χ0n) is 11.7. The summed E-state index contributed by atoms with van der Waals surface area (Å²) in [5.41, 5.74) is 0.586. The van der Waals surface area contributed by atoms with Crippen LogP contribution >= 0.6 is 23.2 Å². The number of ether oxygens (including phenoxy) is 1. The summed E-state index contributed by atoms with van der Waals surface area (Å²) in [4.78, 5) is 14.2. The van der Waals surface area contributed by atoms with Crippen LogP contribution in [0.25, 0.3) is 0 Å². The topological polar surface area (TPSA) is 29.5 Å². The summed E-state index contributed by atoms with van der Waals surface area (Å²) >= 11 is 11.8. The highest BCUT2D eigenvalue weighted by Crippen LogP contribution is 2.24. The van der Waals surface area contributed by atoms with Crippen molar-refractivity contribution in [2.24, 2.45) is 0 Å². The van der Waals surface area contributed by atoms with Gasteiger partial charge in [0.25, 0.3) is 5.91 Å². The molecule has 5 heteroatoms. The van der Waals surface area contributed by atoms with Crippen LogP contribution in [-0.4, -0.2) is 36.1 Å². The molecule has 0 unspecified atom stereocenters. The zero-order chi connectivity index (χ0) is 14.7. The Labute approximate surface area is 129 Å². The van der Waals surface area contributed by atoms with Crippen LogP contribution in [0.3, 0.4) is 0 Å². The van der Waals surface area contributed by atoms with Gasteiger partial charge in [0.1, 0.15) is 0 Å². The first-order chi connectivity index (χ1) is 9.47. The van der Waals surface area contributed by atoms with E-state index in [0.717, 1.165) is 25.9 Å². The van der Waals surface area contributed by atoms with Crippen molar-refractivity contribution in [3.05, 3.63) is 33.8 Å². The average molecular weight is 316 g/mol. The van der Waals surface area contributed by atoms with Crippen molar-refractivity contribution in [1.82, 2.24) is 4.90 Å². The van der Waals surface area contributed by atoms with Gasteiger partial charge in [0, 0.05) is 18.7 Å². The Morgan fingerprint density at radius 2 is 1.90 bits per heavy atom. The Kier molecular flexibility index (Phi) is 5.30. The second kappa shape index (κ2) is 6.79. The molecule has 20 heavy (non-hydrogen) atoms. The Bertz CT molecular complexity index is 483. The van der Waals surface area contributed by atoms with Crippen LogP contribution in [0.5, 0.6) is 0 Å². The molecule has 1 aromatic carbocycles. The lowest BCUT2D eigenvalue weighted by Crippen LogP contribution is -2.41. The van der Waals surface area contributed by atoms with Gasteiger partial charge in [-0.1, -0.05) is 23.2 Å². The minimum Gasteiger partial charge on any atom is -0.375 e. The lowest BCUT2D eigenvalue weighted by atomic mass is 10.1. The summed E-state index contributed by atoms with van der Waals surface area (Å²) in [5, 5.41) is 0.878. The number of likely N-dealkylation sites (tertiary alicyclic amines) is 1. The molecule has 110 valence electrons. The molecule has 0 bridgehead atoms. The van der Waals surface area contributed by atoms with E-state index in [1.165, 1.54) is 0 Å². The maximum Gasteiger partial charge on any atom is 0.253 e. The highest BCUT2D eigenvalue weighted by Gasteiger charge is 2.24. The highest BCUT2D eigenvalue weighted by molar-refractivity contribution is 6.42. The van der Waals surface area contributed by atoms with Crippen molar-refractivity contribution in [3.8, 4) is 0 Å².